The second kappa shape index (κ2) is 4.49. The molecule has 0 aliphatic heterocycles. The zero-order chi connectivity index (χ0) is 13.2. The van der Waals surface area contributed by atoms with Gasteiger partial charge in [-0.2, -0.15) is 0 Å². The lowest BCUT2D eigenvalue weighted by Gasteiger charge is -2.07. The molecule has 94 valence electrons. The number of hydrogen-bond donors (Lipinski definition) is 2. The zero-order valence-electron chi connectivity index (χ0n) is 9.96. The molecule has 0 aliphatic rings. The number of fused-ring (bicyclic) bond motifs is 1. The standard InChI is InChI=1S/C15H11NO3/c17-13-9-15(18)19-14-7-6-11(8-12(13)14)16-10-4-2-1-3-5-10/h1-9,16-17H. The maximum absolute atomic E-state index is 11.1. The Bertz CT molecular complexity index is 778. The summed E-state index contributed by atoms with van der Waals surface area (Å²) in [5.74, 6) is -0.0806. The third-order valence-corrected chi connectivity index (χ3v) is 2.78. The van der Waals surface area contributed by atoms with E-state index in [2.05, 4.69) is 5.32 Å². The minimum Gasteiger partial charge on any atom is -0.507 e. The largest absolute Gasteiger partial charge is 0.507 e. The number of rotatable bonds is 2. The van der Waals surface area contributed by atoms with Crippen LogP contribution in [0.25, 0.3) is 11.0 Å². The van der Waals surface area contributed by atoms with Crippen molar-refractivity contribution in [1.82, 2.24) is 0 Å². The molecule has 0 saturated heterocycles. The van der Waals surface area contributed by atoms with Crippen molar-refractivity contribution in [1.29, 1.82) is 0 Å². The van der Waals surface area contributed by atoms with Gasteiger partial charge in [0.15, 0.2) is 0 Å². The molecule has 2 aromatic carbocycles. The number of aromatic hydroxyl groups is 1. The average Bonchev–Trinajstić information content (AvgIpc) is 2.40. The van der Waals surface area contributed by atoms with Crippen LogP contribution < -0.4 is 10.9 Å². The van der Waals surface area contributed by atoms with Crippen LogP contribution in [-0.2, 0) is 0 Å². The van der Waals surface area contributed by atoms with Crippen LogP contribution in [0.2, 0.25) is 0 Å². The Morgan fingerprint density at radius 1 is 0.947 bits per heavy atom. The lowest BCUT2D eigenvalue weighted by atomic mass is 10.2. The van der Waals surface area contributed by atoms with Gasteiger partial charge in [0.25, 0.3) is 0 Å². The number of nitrogens with one attached hydrogen (secondary N) is 1. The van der Waals surface area contributed by atoms with E-state index in [9.17, 15) is 9.90 Å². The van der Waals surface area contributed by atoms with E-state index in [0.717, 1.165) is 17.4 Å². The predicted molar refractivity (Wildman–Crippen MR) is 73.9 cm³/mol. The maximum atomic E-state index is 11.1. The smallest absolute Gasteiger partial charge is 0.339 e. The predicted octanol–water partition coefficient (Wildman–Crippen LogP) is 3.24. The monoisotopic (exact) mass is 253 g/mol. The highest BCUT2D eigenvalue weighted by Gasteiger charge is 2.05. The SMILES string of the molecule is O=c1cc(O)c2cc(Nc3ccccc3)ccc2o1. The van der Waals surface area contributed by atoms with E-state index < -0.39 is 5.63 Å². The molecule has 0 saturated carbocycles. The summed E-state index contributed by atoms with van der Waals surface area (Å²) in [4.78, 5) is 11.1. The molecule has 0 fully saturated rings. The van der Waals surface area contributed by atoms with Gasteiger partial charge < -0.3 is 14.8 Å². The van der Waals surface area contributed by atoms with Crippen LogP contribution in [0.3, 0.4) is 0 Å². The van der Waals surface area contributed by atoms with Crippen molar-refractivity contribution in [2.45, 2.75) is 0 Å². The van der Waals surface area contributed by atoms with Gasteiger partial charge in [0.1, 0.15) is 11.3 Å². The molecule has 4 heteroatoms. The van der Waals surface area contributed by atoms with Gasteiger partial charge >= 0.3 is 5.63 Å². The van der Waals surface area contributed by atoms with Gasteiger partial charge in [-0.1, -0.05) is 18.2 Å². The number of hydrogen-bond acceptors (Lipinski definition) is 4. The Kier molecular flexibility index (Phi) is 2.68. The van der Waals surface area contributed by atoms with Crippen molar-refractivity contribution in [2.24, 2.45) is 0 Å². The quantitative estimate of drug-likeness (QED) is 0.688. The number of para-hydroxylation sites is 1. The van der Waals surface area contributed by atoms with Gasteiger partial charge in [-0.15, -0.1) is 0 Å². The minimum absolute atomic E-state index is 0.0806. The number of anilines is 2. The van der Waals surface area contributed by atoms with Crippen LogP contribution >= 0.6 is 0 Å². The molecule has 0 radical (unpaired) electrons. The molecular formula is C15H11NO3. The summed E-state index contributed by atoms with van der Waals surface area (Å²) in [5.41, 5.74) is 1.55. The first-order valence-corrected chi connectivity index (χ1v) is 5.81. The van der Waals surface area contributed by atoms with E-state index in [1.807, 2.05) is 30.3 Å². The lowest BCUT2D eigenvalue weighted by Crippen LogP contribution is -1.96. The van der Waals surface area contributed by atoms with Crippen LogP contribution in [0.4, 0.5) is 11.4 Å². The summed E-state index contributed by atoms with van der Waals surface area (Å²) in [6.45, 7) is 0. The van der Waals surface area contributed by atoms with Crippen LogP contribution in [-0.4, -0.2) is 5.11 Å². The van der Waals surface area contributed by atoms with E-state index in [-0.39, 0.29) is 5.75 Å². The fourth-order valence-corrected chi connectivity index (χ4v) is 1.91. The summed E-state index contributed by atoms with van der Waals surface area (Å²) < 4.78 is 5.00. The molecule has 0 atom stereocenters. The first-order chi connectivity index (χ1) is 9.22. The van der Waals surface area contributed by atoms with Gasteiger partial charge in [-0.05, 0) is 30.3 Å². The van der Waals surface area contributed by atoms with Gasteiger partial charge in [0, 0.05) is 11.4 Å². The minimum atomic E-state index is -0.561. The fraction of sp³-hybridized carbons (Fsp3) is 0. The fourth-order valence-electron chi connectivity index (χ4n) is 1.91. The third kappa shape index (κ3) is 2.28. The maximum Gasteiger partial charge on any atom is 0.339 e. The first-order valence-electron chi connectivity index (χ1n) is 5.81. The Morgan fingerprint density at radius 3 is 2.53 bits per heavy atom. The lowest BCUT2D eigenvalue weighted by molar-refractivity contribution is 0.468. The Labute approximate surface area is 108 Å². The molecular weight excluding hydrogens is 242 g/mol. The molecule has 3 aromatic rings. The molecule has 0 unspecified atom stereocenters. The van der Waals surface area contributed by atoms with Gasteiger partial charge in [-0.25, -0.2) is 4.79 Å². The van der Waals surface area contributed by atoms with Gasteiger partial charge in [-0.3, -0.25) is 0 Å². The molecule has 0 bridgehead atoms. The molecule has 0 aliphatic carbocycles. The molecule has 1 heterocycles. The Balaban J connectivity index is 2.05. The molecule has 19 heavy (non-hydrogen) atoms. The van der Waals surface area contributed by atoms with Crippen LogP contribution in [0, 0.1) is 0 Å². The normalized spacial score (nSPS) is 10.5. The van der Waals surface area contributed by atoms with Crippen LogP contribution in [0.5, 0.6) is 5.75 Å². The highest BCUT2D eigenvalue weighted by molar-refractivity contribution is 5.86. The molecule has 3 rings (SSSR count). The van der Waals surface area contributed by atoms with E-state index >= 15 is 0 Å². The summed E-state index contributed by atoms with van der Waals surface area (Å²) >= 11 is 0. The van der Waals surface area contributed by atoms with Crippen LogP contribution in [0.1, 0.15) is 0 Å². The average molecular weight is 253 g/mol. The van der Waals surface area contributed by atoms with Crippen molar-refractivity contribution in [3.05, 3.63) is 65.0 Å². The third-order valence-electron chi connectivity index (χ3n) is 2.78. The van der Waals surface area contributed by atoms with Gasteiger partial charge in [0.05, 0.1) is 11.5 Å². The molecule has 0 amide bonds. The Morgan fingerprint density at radius 2 is 1.74 bits per heavy atom. The van der Waals surface area contributed by atoms with Crippen LogP contribution in [0.15, 0.2) is 63.8 Å². The second-order valence-electron chi connectivity index (χ2n) is 4.15. The highest BCUT2D eigenvalue weighted by atomic mass is 16.4. The van der Waals surface area contributed by atoms with E-state index in [1.54, 1.807) is 18.2 Å². The summed E-state index contributed by atoms with van der Waals surface area (Å²) in [5, 5.41) is 13.5. The van der Waals surface area contributed by atoms with Crippen molar-refractivity contribution in [2.75, 3.05) is 5.32 Å². The first kappa shape index (κ1) is 11.3. The van der Waals surface area contributed by atoms with Crippen molar-refractivity contribution >= 4 is 22.3 Å². The highest BCUT2D eigenvalue weighted by Crippen LogP contribution is 2.27. The topological polar surface area (TPSA) is 62.5 Å². The van der Waals surface area contributed by atoms with Gasteiger partial charge in [0.2, 0.25) is 0 Å². The summed E-state index contributed by atoms with van der Waals surface area (Å²) in [6, 6.07) is 15.9. The second-order valence-corrected chi connectivity index (χ2v) is 4.15. The van der Waals surface area contributed by atoms with Crippen molar-refractivity contribution in [3.8, 4) is 5.75 Å². The molecule has 1 aromatic heterocycles. The summed E-state index contributed by atoms with van der Waals surface area (Å²) in [6.07, 6.45) is 0. The molecule has 0 spiro atoms. The molecule has 4 nitrogen and oxygen atoms in total. The molecule has 2 N–H and O–H groups in total. The van der Waals surface area contributed by atoms with Crippen molar-refractivity contribution in [3.63, 3.8) is 0 Å². The summed E-state index contributed by atoms with van der Waals surface area (Å²) in [7, 11) is 0. The van der Waals surface area contributed by atoms with E-state index in [1.165, 1.54) is 0 Å². The Hall–Kier alpha value is -2.75. The number of benzene rings is 2. The van der Waals surface area contributed by atoms with Crippen molar-refractivity contribution < 1.29 is 9.52 Å². The van der Waals surface area contributed by atoms with E-state index in [0.29, 0.717) is 11.0 Å². The zero-order valence-corrected chi connectivity index (χ0v) is 9.96. The van der Waals surface area contributed by atoms with E-state index in [4.69, 9.17) is 4.42 Å².